The van der Waals surface area contributed by atoms with Gasteiger partial charge >= 0.3 is 0 Å². The number of nitrogens with one attached hydrogen (secondary N) is 1. The average Bonchev–Trinajstić information content (AvgIpc) is 2.16. The van der Waals surface area contributed by atoms with Crippen molar-refractivity contribution in [3.8, 4) is 0 Å². The lowest BCUT2D eigenvalue weighted by Crippen LogP contribution is -2.32. The fraction of sp³-hybridized carbons (Fsp3) is 0.909. The molecule has 0 heterocycles. The van der Waals surface area contributed by atoms with Gasteiger partial charge in [-0.3, -0.25) is 9.00 Å². The van der Waals surface area contributed by atoms with E-state index >= 15 is 0 Å². The molecule has 16 heavy (non-hydrogen) atoms. The SMILES string of the molecule is CC(N)CCCC(C)C(=O)NCCS(C)=O. The summed E-state index contributed by atoms with van der Waals surface area (Å²) in [5.41, 5.74) is 5.63. The maximum Gasteiger partial charge on any atom is 0.222 e. The lowest BCUT2D eigenvalue weighted by molar-refractivity contribution is -0.124. The topological polar surface area (TPSA) is 72.2 Å². The molecular formula is C11H24N2O2S. The maximum atomic E-state index is 11.6. The molecule has 0 saturated carbocycles. The summed E-state index contributed by atoms with van der Waals surface area (Å²) in [5, 5.41) is 2.79. The standard InChI is InChI=1S/C11H24N2O2S/c1-9(5-4-6-10(2)12)11(14)13-7-8-16(3)15/h9-10H,4-8,12H2,1-3H3,(H,13,14). The summed E-state index contributed by atoms with van der Waals surface area (Å²) in [6.45, 7) is 4.39. The van der Waals surface area contributed by atoms with Crippen molar-refractivity contribution < 1.29 is 9.00 Å². The van der Waals surface area contributed by atoms with Gasteiger partial charge in [-0.05, 0) is 19.8 Å². The number of carbonyl (C=O) groups excluding carboxylic acids is 1. The van der Waals surface area contributed by atoms with Crippen LogP contribution in [0.3, 0.4) is 0 Å². The molecule has 1 amide bonds. The van der Waals surface area contributed by atoms with Crippen molar-refractivity contribution in [1.82, 2.24) is 5.32 Å². The molecule has 0 aliphatic heterocycles. The molecule has 0 aromatic carbocycles. The summed E-state index contributed by atoms with van der Waals surface area (Å²) < 4.78 is 10.8. The minimum Gasteiger partial charge on any atom is -0.355 e. The summed E-state index contributed by atoms with van der Waals surface area (Å²) in [5.74, 6) is 0.595. The van der Waals surface area contributed by atoms with Crippen LogP contribution in [0.25, 0.3) is 0 Å². The fourth-order valence-electron chi connectivity index (χ4n) is 1.37. The first-order chi connectivity index (χ1) is 7.43. The normalized spacial score (nSPS) is 16.5. The molecule has 4 nitrogen and oxygen atoms in total. The van der Waals surface area contributed by atoms with Crippen LogP contribution >= 0.6 is 0 Å². The number of hydrogen-bond donors (Lipinski definition) is 2. The predicted octanol–water partition coefficient (Wildman–Crippen LogP) is 0.635. The van der Waals surface area contributed by atoms with Crippen LogP contribution in [0.4, 0.5) is 0 Å². The maximum absolute atomic E-state index is 11.6. The number of amides is 1. The van der Waals surface area contributed by atoms with Crippen molar-refractivity contribution in [2.45, 2.75) is 39.2 Å². The second kappa shape index (κ2) is 8.70. The van der Waals surface area contributed by atoms with Crippen LogP contribution in [0.5, 0.6) is 0 Å². The molecule has 0 saturated heterocycles. The van der Waals surface area contributed by atoms with E-state index in [2.05, 4.69) is 5.32 Å². The van der Waals surface area contributed by atoms with E-state index < -0.39 is 10.8 Å². The Balaban J connectivity index is 3.61. The zero-order chi connectivity index (χ0) is 12.6. The third-order valence-corrected chi connectivity index (χ3v) is 3.21. The van der Waals surface area contributed by atoms with Crippen LogP contribution in [-0.2, 0) is 15.6 Å². The quantitative estimate of drug-likeness (QED) is 0.662. The van der Waals surface area contributed by atoms with E-state index in [-0.39, 0.29) is 17.9 Å². The molecule has 0 aromatic heterocycles. The molecule has 3 unspecified atom stereocenters. The van der Waals surface area contributed by atoms with Gasteiger partial charge in [0, 0.05) is 41.3 Å². The molecule has 0 aliphatic rings. The first kappa shape index (κ1) is 15.6. The number of carbonyl (C=O) groups is 1. The van der Waals surface area contributed by atoms with E-state index in [1.54, 1.807) is 6.26 Å². The van der Waals surface area contributed by atoms with Crippen molar-refractivity contribution >= 4 is 16.7 Å². The first-order valence-corrected chi connectivity index (χ1v) is 7.49. The Labute approximate surface area is 101 Å². The highest BCUT2D eigenvalue weighted by atomic mass is 32.2. The molecule has 0 fully saturated rings. The van der Waals surface area contributed by atoms with Gasteiger partial charge in [0.2, 0.25) is 5.91 Å². The van der Waals surface area contributed by atoms with E-state index in [0.29, 0.717) is 12.3 Å². The van der Waals surface area contributed by atoms with E-state index in [1.807, 2.05) is 13.8 Å². The summed E-state index contributed by atoms with van der Waals surface area (Å²) in [7, 11) is -0.838. The molecule has 0 radical (unpaired) electrons. The molecule has 3 atom stereocenters. The molecule has 0 aromatic rings. The van der Waals surface area contributed by atoms with Crippen molar-refractivity contribution in [1.29, 1.82) is 0 Å². The van der Waals surface area contributed by atoms with Crippen molar-refractivity contribution in [2.24, 2.45) is 11.7 Å². The Hall–Kier alpha value is -0.420. The Kier molecular flexibility index (Phi) is 8.47. The molecule has 96 valence electrons. The Morgan fingerprint density at radius 1 is 1.38 bits per heavy atom. The number of hydrogen-bond acceptors (Lipinski definition) is 3. The summed E-state index contributed by atoms with van der Waals surface area (Å²) in [6, 6.07) is 0.206. The average molecular weight is 248 g/mol. The van der Waals surface area contributed by atoms with Crippen LogP contribution in [0.1, 0.15) is 33.1 Å². The smallest absolute Gasteiger partial charge is 0.222 e. The van der Waals surface area contributed by atoms with E-state index in [1.165, 1.54) is 0 Å². The van der Waals surface area contributed by atoms with Crippen molar-refractivity contribution in [3.63, 3.8) is 0 Å². The monoisotopic (exact) mass is 248 g/mol. The molecule has 0 spiro atoms. The Bertz CT molecular complexity index is 232. The van der Waals surface area contributed by atoms with Crippen LogP contribution in [0.2, 0.25) is 0 Å². The summed E-state index contributed by atoms with van der Waals surface area (Å²) in [4.78, 5) is 11.6. The zero-order valence-corrected chi connectivity index (χ0v) is 11.3. The Morgan fingerprint density at radius 2 is 2.00 bits per heavy atom. The largest absolute Gasteiger partial charge is 0.355 e. The van der Waals surface area contributed by atoms with Gasteiger partial charge in [0.15, 0.2) is 0 Å². The van der Waals surface area contributed by atoms with Crippen LogP contribution < -0.4 is 11.1 Å². The summed E-state index contributed by atoms with van der Waals surface area (Å²) in [6.07, 6.45) is 4.43. The van der Waals surface area contributed by atoms with Crippen LogP contribution in [0.15, 0.2) is 0 Å². The lowest BCUT2D eigenvalue weighted by atomic mass is 10.0. The molecule has 0 bridgehead atoms. The minimum atomic E-state index is -0.838. The van der Waals surface area contributed by atoms with Gasteiger partial charge in [-0.15, -0.1) is 0 Å². The highest BCUT2D eigenvalue weighted by Crippen LogP contribution is 2.08. The van der Waals surface area contributed by atoms with Crippen LogP contribution in [0, 0.1) is 5.92 Å². The summed E-state index contributed by atoms with van der Waals surface area (Å²) >= 11 is 0. The van der Waals surface area contributed by atoms with Gasteiger partial charge in [0.05, 0.1) is 0 Å². The molecule has 0 aliphatic carbocycles. The first-order valence-electron chi connectivity index (χ1n) is 5.76. The zero-order valence-electron chi connectivity index (χ0n) is 10.5. The van der Waals surface area contributed by atoms with Gasteiger partial charge < -0.3 is 11.1 Å². The predicted molar refractivity (Wildman–Crippen MR) is 68.6 cm³/mol. The second-order valence-corrected chi connectivity index (χ2v) is 5.93. The van der Waals surface area contributed by atoms with Gasteiger partial charge in [0.1, 0.15) is 0 Å². The van der Waals surface area contributed by atoms with Gasteiger partial charge in [-0.1, -0.05) is 13.3 Å². The van der Waals surface area contributed by atoms with Gasteiger partial charge in [-0.2, -0.15) is 0 Å². The lowest BCUT2D eigenvalue weighted by Gasteiger charge is -2.12. The fourth-order valence-corrected chi connectivity index (χ4v) is 1.76. The van der Waals surface area contributed by atoms with Crippen molar-refractivity contribution in [3.05, 3.63) is 0 Å². The van der Waals surface area contributed by atoms with Gasteiger partial charge in [0.25, 0.3) is 0 Å². The van der Waals surface area contributed by atoms with E-state index in [9.17, 15) is 9.00 Å². The molecule has 3 N–H and O–H groups in total. The highest BCUT2D eigenvalue weighted by Gasteiger charge is 2.12. The highest BCUT2D eigenvalue weighted by molar-refractivity contribution is 7.84. The van der Waals surface area contributed by atoms with Crippen LogP contribution in [-0.4, -0.2) is 34.7 Å². The number of nitrogens with two attached hydrogens (primary N) is 1. The molecule has 5 heteroatoms. The minimum absolute atomic E-state index is 0.0176. The van der Waals surface area contributed by atoms with E-state index in [4.69, 9.17) is 5.73 Å². The number of rotatable bonds is 8. The second-order valence-electron chi connectivity index (χ2n) is 4.38. The van der Waals surface area contributed by atoms with E-state index in [0.717, 1.165) is 19.3 Å². The van der Waals surface area contributed by atoms with Crippen molar-refractivity contribution in [2.75, 3.05) is 18.6 Å². The Morgan fingerprint density at radius 3 is 2.50 bits per heavy atom. The third-order valence-electron chi connectivity index (χ3n) is 2.43. The van der Waals surface area contributed by atoms with Gasteiger partial charge in [-0.25, -0.2) is 0 Å². The third kappa shape index (κ3) is 8.85. The molecular weight excluding hydrogens is 224 g/mol. The molecule has 0 rings (SSSR count).